The van der Waals surface area contributed by atoms with Crippen LogP contribution in [0.2, 0.25) is 0 Å². The minimum Gasteiger partial charge on any atom is -0.330 e. The lowest BCUT2D eigenvalue weighted by Crippen LogP contribution is -2.43. The summed E-state index contributed by atoms with van der Waals surface area (Å²) in [6, 6.07) is 0. The van der Waals surface area contributed by atoms with Crippen LogP contribution in [-0.2, 0) is 4.79 Å². The number of carbonyl (C=O) groups is 1. The number of hydrogen-bond donors (Lipinski definition) is 0. The first-order valence-electron chi connectivity index (χ1n) is 7.21. The molecule has 0 aromatic heterocycles. The van der Waals surface area contributed by atoms with E-state index in [4.69, 9.17) is 0 Å². The van der Waals surface area contributed by atoms with Crippen LogP contribution in [-0.4, -0.2) is 22.9 Å². The van der Waals surface area contributed by atoms with Gasteiger partial charge in [0.25, 0.3) is 0 Å². The van der Waals surface area contributed by atoms with Gasteiger partial charge in [0.05, 0.1) is 5.54 Å². The number of hydrogen-bond acceptors (Lipinski definition) is 1. The van der Waals surface area contributed by atoms with Crippen molar-refractivity contribution in [1.29, 1.82) is 0 Å². The average molecular weight is 231 g/mol. The summed E-state index contributed by atoms with van der Waals surface area (Å²) in [5.74, 6) is 3.72. The Hall–Kier alpha value is -0.790. The minimum absolute atomic E-state index is 0.0648. The first-order valence-corrected chi connectivity index (χ1v) is 7.21. The topological polar surface area (TPSA) is 20.3 Å². The lowest BCUT2D eigenvalue weighted by Gasteiger charge is -2.40. The molecule has 5 atom stereocenters. The molecule has 3 fully saturated rings. The Morgan fingerprint density at radius 3 is 3.00 bits per heavy atom. The zero-order valence-corrected chi connectivity index (χ0v) is 10.6. The van der Waals surface area contributed by atoms with E-state index < -0.39 is 0 Å². The number of amides is 1. The largest absolute Gasteiger partial charge is 0.330 e. The molecular formula is C15H21NO. The number of nitrogens with zero attached hydrogens (tertiary/aromatic N) is 1. The molecule has 2 heteroatoms. The molecule has 0 aromatic carbocycles. The third-order valence-corrected chi connectivity index (χ3v) is 6.19. The van der Waals surface area contributed by atoms with Gasteiger partial charge in [-0.3, -0.25) is 4.79 Å². The van der Waals surface area contributed by atoms with E-state index in [2.05, 4.69) is 17.9 Å². The van der Waals surface area contributed by atoms with Crippen LogP contribution in [0.4, 0.5) is 0 Å². The number of carbonyl (C=O) groups excluding carboxylic acids is 1. The maximum absolute atomic E-state index is 11.9. The van der Waals surface area contributed by atoms with Crippen LogP contribution in [0.25, 0.3) is 0 Å². The summed E-state index contributed by atoms with van der Waals surface area (Å²) in [6.45, 7) is 3.32. The van der Waals surface area contributed by atoms with Crippen LogP contribution in [0.1, 0.15) is 39.0 Å². The van der Waals surface area contributed by atoms with Crippen LogP contribution in [0.3, 0.4) is 0 Å². The summed E-state index contributed by atoms with van der Waals surface area (Å²) in [5.41, 5.74) is 0.0648. The zero-order valence-electron chi connectivity index (χ0n) is 10.6. The summed E-state index contributed by atoms with van der Waals surface area (Å²) >= 11 is 0. The third kappa shape index (κ3) is 1.14. The van der Waals surface area contributed by atoms with E-state index in [0.717, 1.165) is 30.2 Å². The van der Waals surface area contributed by atoms with Gasteiger partial charge in [-0.15, -0.1) is 0 Å². The fraction of sp³-hybridized carbons (Fsp3) is 0.800. The first-order chi connectivity index (χ1) is 8.20. The number of rotatable bonds is 0. The Balaban J connectivity index is 1.71. The molecule has 1 saturated heterocycles. The summed E-state index contributed by atoms with van der Waals surface area (Å²) in [5, 5.41) is 0. The van der Waals surface area contributed by atoms with Crippen LogP contribution in [0.5, 0.6) is 0 Å². The first kappa shape index (κ1) is 10.2. The van der Waals surface area contributed by atoms with Gasteiger partial charge in [0, 0.05) is 12.6 Å². The van der Waals surface area contributed by atoms with Crippen molar-refractivity contribution in [2.24, 2.45) is 23.7 Å². The van der Waals surface area contributed by atoms with Crippen LogP contribution in [0.15, 0.2) is 12.2 Å². The normalized spacial score (nSPS) is 51.6. The molecule has 2 saturated carbocycles. The molecule has 5 unspecified atom stereocenters. The second-order valence-corrected chi connectivity index (χ2v) is 6.71. The Bertz CT molecular complexity index is 402. The van der Waals surface area contributed by atoms with E-state index in [-0.39, 0.29) is 11.4 Å². The molecule has 0 aromatic rings. The fourth-order valence-electron chi connectivity index (χ4n) is 5.36. The van der Waals surface area contributed by atoms with Crippen molar-refractivity contribution in [3.8, 4) is 0 Å². The van der Waals surface area contributed by atoms with E-state index in [0.29, 0.717) is 0 Å². The highest BCUT2D eigenvalue weighted by Crippen LogP contribution is 2.56. The van der Waals surface area contributed by atoms with Crippen molar-refractivity contribution < 1.29 is 4.79 Å². The second-order valence-electron chi connectivity index (χ2n) is 6.71. The molecule has 4 rings (SSSR count). The average Bonchev–Trinajstić information content (AvgIpc) is 2.95. The van der Waals surface area contributed by atoms with E-state index in [1.165, 1.54) is 32.1 Å². The number of fused-ring (bicyclic) bond motifs is 5. The van der Waals surface area contributed by atoms with Gasteiger partial charge in [0.15, 0.2) is 0 Å². The van der Waals surface area contributed by atoms with Gasteiger partial charge in [0.1, 0.15) is 0 Å². The summed E-state index contributed by atoms with van der Waals surface area (Å²) in [7, 11) is 0. The summed E-state index contributed by atoms with van der Waals surface area (Å²) in [4.78, 5) is 14.1. The van der Waals surface area contributed by atoms with Gasteiger partial charge in [-0.05, 0) is 49.9 Å². The molecule has 2 aliphatic carbocycles. The van der Waals surface area contributed by atoms with Gasteiger partial charge in [-0.25, -0.2) is 0 Å². The fourth-order valence-corrected chi connectivity index (χ4v) is 5.36. The van der Waals surface area contributed by atoms with Crippen molar-refractivity contribution in [2.75, 3.05) is 6.54 Å². The maximum Gasteiger partial charge on any atom is 0.247 e. The molecule has 92 valence electrons. The van der Waals surface area contributed by atoms with Crippen LogP contribution in [0, 0.1) is 23.7 Å². The second kappa shape index (κ2) is 3.15. The highest BCUT2D eigenvalue weighted by atomic mass is 16.2. The molecule has 4 aliphatic rings. The molecule has 2 heterocycles. The Kier molecular flexibility index (Phi) is 1.88. The molecule has 1 amide bonds. The molecule has 0 N–H and O–H groups in total. The van der Waals surface area contributed by atoms with Crippen LogP contribution >= 0.6 is 0 Å². The highest BCUT2D eigenvalue weighted by molar-refractivity contribution is 5.92. The predicted molar refractivity (Wildman–Crippen MR) is 66.3 cm³/mol. The molecule has 2 nitrogen and oxygen atoms in total. The van der Waals surface area contributed by atoms with Gasteiger partial charge in [-0.2, -0.15) is 0 Å². The predicted octanol–water partition coefficient (Wildman–Crippen LogP) is 2.60. The Morgan fingerprint density at radius 1 is 1.24 bits per heavy atom. The molecular weight excluding hydrogens is 210 g/mol. The van der Waals surface area contributed by atoms with Gasteiger partial charge >= 0.3 is 0 Å². The summed E-state index contributed by atoms with van der Waals surface area (Å²) in [6.07, 6.45) is 11.1. The molecule has 0 spiro atoms. The lowest BCUT2D eigenvalue weighted by molar-refractivity contribution is -0.127. The van der Waals surface area contributed by atoms with Crippen molar-refractivity contribution in [1.82, 2.24) is 4.90 Å². The van der Waals surface area contributed by atoms with Gasteiger partial charge in [0.2, 0.25) is 5.91 Å². The monoisotopic (exact) mass is 231 g/mol. The van der Waals surface area contributed by atoms with Crippen LogP contribution < -0.4 is 0 Å². The zero-order chi connectivity index (χ0) is 11.6. The quantitative estimate of drug-likeness (QED) is 0.627. The highest BCUT2D eigenvalue weighted by Gasteiger charge is 2.57. The van der Waals surface area contributed by atoms with Crippen molar-refractivity contribution in [3.05, 3.63) is 12.2 Å². The molecule has 0 bridgehead atoms. The smallest absolute Gasteiger partial charge is 0.247 e. The van der Waals surface area contributed by atoms with Gasteiger partial charge < -0.3 is 4.90 Å². The SMILES string of the molecule is CC12C=CC(=O)N1CC1C3CCCC3CCC12. The summed E-state index contributed by atoms with van der Waals surface area (Å²) < 4.78 is 0. The van der Waals surface area contributed by atoms with Crippen molar-refractivity contribution >= 4 is 5.91 Å². The minimum atomic E-state index is 0.0648. The lowest BCUT2D eigenvalue weighted by atomic mass is 9.65. The molecule has 2 aliphatic heterocycles. The maximum atomic E-state index is 11.9. The standard InChI is InChI=1S/C15H21NO/c1-15-8-7-14(17)16(15)9-12-11-4-2-3-10(11)5-6-13(12)15/h7-8,10-13H,2-6,9H2,1H3. The van der Waals surface area contributed by atoms with Crippen molar-refractivity contribution in [2.45, 2.75) is 44.6 Å². The van der Waals surface area contributed by atoms with E-state index in [1.807, 2.05) is 0 Å². The van der Waals surface area contributed by atoms with E-state index in [1.54, 1.807) is 6.08 Å². The van der Waals surface area contributed by atoms with Crippen molar-refractivity contribution in [3.63, 3.8) is 0 Å². The Labute approximate surface area is 103 Å². The van der Waals surface area contributed by atoms with Gasteiger partial charge in [-0.1, -0.05) is 18.9 Å². The third-order valence-electron chi connectivity index (χ3n) is 6.19. The van der Waals surface area contributed by atoms with E-state index in [9.17, 15) is 4.79 Å². The Morgan fingerprint density at radius 2 is 2.12 bits per heavy atom. The molecule has 0 radical (unpaired) electrons. The molecule has 17 heavy (non-hydrogen) atoms. The van der Waals surface area contributed by atoms with E-state index >= 15 is 0 Å².